The van der Waals surface area contributed by atoms with Gasteiger partial charge in [0.25, 0.3) is 5.91 Å². The fraction of sp³-hybridized carbons (Fsp3) is 0.556. The number of anilines is 1. The number of hydrogen-bond acceptors (Lipinski definition) is 4. The molecular weight excluding hydrogens is 342 g/mol. The molecule has 25 heavy (non-hydrogen) atoms. The summed E-state index contributed by atoms with van der Waals surface area (Å²) in [6.45, 7) is 4.48. The minimum absolute atomic E-state index is 0. The third-order valence-electron chi connectivity index (χ3n) is 4.97. The van der Waals surface area contributed by atoms with Crippen molar-refractivity contribution < 1.29 is 14.3 Å². The van der Waals surface area contributed by atoms with Gasteiger partial charge in [-0.3, -0.25) is 9.59 Å². The van der Waals surface area contributed by atoms with E-state index in [1.807, 2.05) is 19.1 Å². The number of ether oxygens (including phenoxy) is 1. The Morgan fingerprint density at radius 2 is 1.92 bits per heavy atom. The second kappa shape index (κ2) is 8.54. The van der Waals surface area contributed by atoms with E-state index in [1.165, 1.54) is 0 Å². The smallest absolute Gasteiger partial charge is 0.257 e. The summed E-state index contributed by atoms with van der Waals surface area (Å²) in [5.74, 6) is 0.734. The van der Waals surface area contributed by atoms with Gasteiger partial charge in [-0.2, -0.15) is 0 Å². The van der Waals surface area contributed by atoms with Gasteiger partial charge in [0.2, 0.25) is 5.91 Å². The quantitative estimate of drug-likeness (QED) is 0.718. The first-order chi connectivity index (χ1) is 11.6. The molecule has 1 atom stereocenters. The number of likely N-dealkylation sites (N-methyl/N-ethyl adjacent to an activating group) is 1. The van der Waals surface area contributed by atoms with Gasteiger partial charge in [-0.15, -0.1) is 12.4 Å². The predicted molar refractivity (Wildman–Crippen MR) is 99.1 cm³/mol. The Kier molecular flexibility index (Phi) is 6.67. The Bertz CT molecular complexity index is 600. The SMILES string of the molecule is CCNC(=O)COc1ccc(NC(=O)C2CC23CCNCC3)cc1.Cl. The van der Waals surface area contributed by atoms with Crippen molar-refractivity contribution in [2.75, 3.05) is 31.6 Å². The molecule has 0 radical (unpaired) electrons. The third kappa shape index (κ3) is 4.86. The van der Waals surface area contributed by atoms with Gasteiger partial charge in [-0.1, -0.05) is 0 Å². The van der Waals surface area contributed by atoms with E-state index < -0.39 is 0 Å². The first-order valence-electron chi connectivity index (χ1n) is 8.64. The van der Waals surface area contributed by atoms with Gasteiger partial charge in [-0.05, 0) is 69.0 Å². The lowest BCUT2D eigenvalue weighted by molar-refractivity contribution is -0.123. The lowest BCUT2D eigenvalue weighted by Crippen LogP contribution is -2.31. The summed E-state index contributed by atoms with van der Waals surface area (Å²) < 4.78 is 5.40. The van der Waals surface area contributed by atoms with Crippen LogP contribution in [0.4, 0.5) is 5.69 Å². The number of hydrogen-bond donors (Lipinski definition) is 3. The summed E-state index contributed by atoms with van der Waals surface area (Å²) in [7, 11) is 0. The standard InChI is InChI=1S/C18H25N3O3.ClH/c1-2-20-16(22)12-24-14-5-3-13(4-6-14)21-17(23)15-11-18(15)7-9-19-10-8-18;/h3-6,15,19H,2,7-12H2,1H3,(H,20,22)(H,21,23);1H. The summed E-state index contributed by atoms with van der Waals surface area (Å²) in [6.07, 6.45) is 3.20. The Hall–Kier alpha value is -1.79. The van der Waals surface area contributed by atoms with Gasteiger partial charge >= 0.3 is 0 Å². The van der Waals surface area contributed by atoms with E-state index >= 15 is 0 Å². The molecule has 3 N–H and O–H groups in total. The molecular formula is C18H26ClN3O3. The van der Waals surface area contributed by atoms with Crippen molar-refractivity contribution in [2.24, 2.45) is 11.3 Å². The average molecular weight is 368 g/mol. The molecule has 1 heterocycles. The van der Waals surface area contributed by atoms with Crippen molar-refractivity contribution in [2.45, 2.75) is 26.2 Å². The third-order valence-corrected chi connectivity index (χ3v) is 4.97. The van der Waals surface area contributed by atoms with E-state index in [-0.39, 0.29) is 42.2 Å². The predicted octanol–water partition coefficient (Wildman–Crippen LogP) is 1.95. The van der Waals surface area contributed by atoms with Gasteiger partial charge < -0.3 is 20.7 Å². The number of carbonyl (C=O) groups excluding carboxylic acids is 2. The van der Waals surface area contributed by atoms with Crippen LogP contribution in [0.1, 0.15) is 26.2 Å². The van der Waals surface area contributed by atoms with Crippen LogP contribution in [-0.2, 0) is 9.59 Å². The van der Waals surface area contributed by atoms with Crippen molar-refractivity contribution in [1.29, 1.82) is 0 Å². The highest BCUT2D eigenvalue weighted by atomic mass is 35.5. The van der Waals surface area contributed by atoms with E-state index in [9.17, 15) is 9.59 Å². The fourth-order valence-corrected chi connectivity index (χ4v) is 3.46. The molecule has 1 spiro atoms. The normalized spacial score (nSPS) is 20.3. The zero-order valence-electron chi connectivity index (χ0n) is 14.5. The first-order valence-corrected chi connectivity index (χ1v) is 8.64. The molecule has 2 amide bonds. The minimum Gasteiger partial charge on any atom is -0.484 e. The maximum absolute atomic E-state index is 12.4. The number of rotatable bonds is 6. The molecule has 1 saturated carbocycles. The van der Waals surface area contributed by atoms with Crippen LogP contribution in [0, 0.1) is 11.3 Å². The van der Waals surface area contributed by atoms with Crippen molar-refractivity contribution >= 4 is 29.9 Å². The lowest BCUT2D eigenvalue weighted by atomic mass is 9.92. The summed E-state index contributed by atoms with van der Waals surface area (Å²) in [6, 6.07) is 7.15. The van der Waals surface area contributed by atoms with Crippen molar-refractivity contribution in [1.82, 2.24) is 10.6 Å². The molecule has 1 unspecified atom stereocenters. The van der Waals surface area contributed by atoms with Crippen LogP contribution in [0.2, 0.25) is 0 Å². The highest BCUT2D eigenvalue weighted by Crippen LogP contribution is 2.58. The van der Waals surface area contributed by atoms with E-state index in [2.05, 4.69) is 16.0 Å². The van der Waals surface area contributed by atoms with Crippen molar-refractivity contribution in [3.63, 3.8) is 0 Å². The Labute approximate surface area is 154 Å². The molecule has 6 nitrogen and oxygen atoms in total. The molecule has 2 fully saturated rings. The fourth-order valence-electron chi connectivity index (χ4n) is 3.46. The van der Waals surface area contributed by atoms with Crippen molar-refractivity contribution in [3.05, 3.63) is 24.3 Å². The van der Waals surface area contributed by atoms with Crippen LogP contribution in [0.15, 0.2) is 24.3 Å². The molecule has 1 saturated heterocycles. The van der Waals surface area contributed by atoms with E-state index in [4.69, 9.17) is 4.74 Å². The van der Waals surface area contributed by atoms with Crippen molar-refractivity contribution in [3.8, 4) is 5.75 Å². The molecule has 138 valence electrons. The Morgan fingerprint density at radius 1 is 1.24 bits per heavy atom. The summed E-state index contributed by atoms with van der Waals surface area (Å²) in [5.41, 5.74) is 1.01. The molecule has 1 aromatic rings. The van der Waals surface area contributed by atoms with Gasteiger partial charge in [0.15, 0.2) is 6.61 Å². The van der Waals surface area contributed by atoms with Gasteiger partial charge in [0, 0.05) is 18.2 Å². The number of benzene rings is 1. The number of carbonyl (C=O) groups is 2. The van der Waals surface area contributed by atoms with Crippen LogP contribution >= 0.6 is 12.4 Å². The Morgan fingerprint density at radius 3 is 2.56 bits per heavy atom. The number of halogens is 1. The monoisotopic (exact) mass is 367 g/mol. The molecule has 3 rings (SSSR count). The largest absolute Gasteiger partial charge is 0.484 e. The number of nitrogens with one attached hydrogen (secondary N) is 3. The number of amides is 2. The topological polar surface area (TPSA) is 79.5 Å². The minimum atomic E-state index is -0.143. The number of piperidine rings is 1. The molecule has 1 aromatic carbocycles. The van der Waals surface area contributed by atoms with E-state index in [0.717, 1.165) is 38.0 Å². The molecule has 2 aliphatic rings. The second-order valence-corrected chi connectivity index (χ2v) is 6.62. The van der Waals surface area contributed by atoms with Crippen LogP contribution in [0.25, 0.3) is 0 Å². The second-order valence-electron chi connectivity index (χ2n) is 6.62. The zero-order valence-corrected chi connectivity index (χ0v) is 15.3. The summed E-state index contributed by atoms with van der Waals surface area (Å²) in [5, 5.41) is 9.02. The van der Waals surface area contributed by atoms with Crippen LogP contribution < -0.4 is 20.7 Å². The van der Waals surface area contributed by atoms with Crippen LogP contribution in [0.3, 0.4) is 0 Å². The lowest BCUT2D eigenvalue weighted by Gasteiger charge is -2.23. The highest BCUT2D eigenvalue weighted by Gasteiger charge is 2.57. The van der Waals surface area contributed by atoms with E-state index in [0.29, 0.717) is 12.3 Å². The average Bonchev–Trinajstić information content (AvgIpc) is 3.28. The van der Waals surface area contributed by atoms with Gasteiger partial charge in [0.05, 0.1) is 0 Å². The Balaban J connectivity index is 0.00000225. The maximum Gasteiger partial charge on any atom is 0.257 e. The summed E-state index contributed by atoms with van der Waals surface area (Å²) >= 11 is 0. The van der Waals surface area contributed by atoms with E-state index in [1.54, 1.807) is 12.1 Å². The molecule has 0 bridgehead atoms. The first kappa shape index (κ1) is 19.5. The zero-order chi connectivity index (χ0) is 17.0. The van der Waals surface area contributed by atoms with Crippen LogP contribution in [0.5, 0.6) is 5.75 Å². The van der Waals surface area contributed by atoms with Gasteiger partial charge in [0.1, 0.15) is 5.75 Å². The van der Waals surface area contributed by atoms with Gasteiger partial charge in [-0.25, -0.2) is 0 Å². The molecule has 0 aromatic heterocycles. The van der Waals surface area contributed by atoms with Crippen LogP contribution in [-0.4, -0.2) is 38.1 Å². The molecule has 1 aliphatic heterocycles. The maximum atomic E-state index is 12.4. The molecule has 1 aliphatic carbocycles. The molecule has 7 heteroatoms. The highest BCUT2D eigenvalue weighted by molar-refractivity contribution is 5.95. The summed E-state index contributed by atoms with van der Waals surface area (Å²) in [4.78, 5) is 23.8.